The molecule has 1 unspecified atom stereocenters. The van der Waals surface area contributed by atoms with Crippen LogP contribution < -0.4 is 9.80 Å². The number of quaternary nitrogens is 1. The van der Waals surface area contributed by atoms with Crippen molar-refractivity contribution in [3.8, 4) is 0 Å². The van der Waals surface area contributed by atoms with Crippen molar-refractivity contribution in [2.75, 3.05) is 13.1 Å². The normalized spacial score (nSPS) is 24.9. The summed E-state index contributed by atoms with van der Waals surface area (Å²) >= 11 is 0. The molecule has 18 heavy (non-hydrogen) atoms. The number of hydrogen-bond acceptors (Lipinski definition) is 3. The van der Waals surface area contributed by atoms with Crippen molar-refractivity contribution in [1.29, 1.82) is 0 Å². The average Bonchev–Trinajstić information content (AvgIpc) is 2.76. The number of rotatable bonds is 2. The molecular formula is C13H15N4O+. The number of carbonyl (C=O) groups is 1. The molecule has 1 atom stereocenters. The standard InChI is InChI=1S/C13H14N4O/c1-2-7-17-9-15-16-12(17)8-14-13(18)10-5-3-4-6-11(10)17/h3-6,9H,2,7-8H2,1H3/p+1. The molecule has 0 fully saturated rings. The molecular weight excluding hydrogens is 228 g/mol. The van der Waals surface area contributed by atoms with E-state index in [0.29, 0.717) is 16.6 Å². The van der Waals surface area contributed by atoms with Gasteiger partial charge in [-0.3, -0.25) is 4.79 Å². The van der Waals surface area contributed by atoms with Crippen molar-refractivity contribution in [2.45, 2.75) is 13.3 Å². The van der Waals surface area contributed by atoms with Crippen LogP contribution in [-0.2, 0) is 0 Å². The lowest BCUT2D eigenvalue weighted by Gasteiger charge is -2.29. The van der Waals surface area contributed by atoms with Crippen LogP contribution in [0.15, 0.2) is 34.5 Å². The van der Waals surface area contributed by atoms with Crippen molar-refractivity contribution in [1.82, 2.24) is 9.80 Å². The molecule has 1 aromatic carbocycles. The maximum atomic E-state index is 12.1. The van der Waals surface area contributed by atoms with Gasteiger partial charge in [0.25, 0.3) is 11.7 Å². The summed E-state index contributed by atoms with van der Waals surface area (Å²) < 4.78 is 0.478. The van der Waals surface area contributed by atoms with E-state index >= 15 is 0 Å². The van der Waals surface area contributed by atoms with Crippen LogP contribution in [0.3, 0.4) is 0 Å². The zero-order valence-electron chi connectivity index (χ0n) is 10.3. The first kappa shape index (κ1) is 11.1. The molecule has 92 valence electrons. The van der Waals surface area contributed by atoms with Crippen molar-refractivity contribution < 1.29 is 4.79 Å². The van der Waals surface area contributed by atoms with Gasteiger partial charge in [0, 0.05) is 6.07 Å². The quantitative estimate of drug-likeness (QED) is 0.786. The van der Waals surface area contributed by atoms with Gasteiger partial charge in [0.05, 0.1) is 6.54 Å². The van der Waals surface area contributed by atoms with Gasteiger partial charge < -0.3 is 5.32 Å². The predicted octanol–water partition coefficient (Wildman–Crippen LogP) is 1.50. The topological polar surface area (TPSA) is 53.8 Å². The summed E-state index contributed by atoms with van der Waals surface area (Å²) in [4.78, 5) is 12.1. The lowest BCUT2D eigenvalue weighted by atomic mass is 10.1. The molecule has 0 radical (unpaired) electrons. The van der Waals surface area contributed by atoms with Crippen LogP contribution in [-0.4, -0.2) is 31.2 Å². The van der Waals surface area contributed by atoms with Crippen molar-refractivity contribution in [2.24, 2.45) is 10.2 Å². The monoisotopic (exact) mass is 243 g/mol. The smallest absolute Gasteiger partial charge is 0.257 e. The van der Waals surface area contributed by atoms with E-state index in [1.807, 2.05) is 30.6 Å². The van der Waals surface area contributed by atoms with Crippen molar-refractivity contribution in [3.05, 3.63) is 29.8 Å². The molecule has 2 heterocycles. The summed E-state index contributed by atoms with van der Waals surface area (Å²) in [6.45, 7) is 3.45. The first-order chi connectivity index (χ1) is 8.78. The molecule has 0 saturated carbocycles. The van der Waals surface area contributed by atoms with Crippen LogP contribution in [0.4, 0.5) is 5.69 Å². The highest BCUT2D eigenvalue weighted by atomic mass is 16.1. The first-order valence-corrected chi connectivity index (χ1v) is 6.15. The molecule has 3 rings (SSSR count). The number of fused-ring (bicyclic) bond motifs is 3. The van der Waals surface area contributed by atoms with Gasteiger partial charge in [0.15, 0.2) is 5.69 Å². The summed E-state index contributed by atoms with van der Waals surface area (Å²) in [6, 6.07) is 7.69. The number of nitrogens with zero attached hydrogens (tertiary/aromatic N) is 3. The molecule has 5 nitrogen and oxygen atoms in total. The van der Waals surface area contributed by atoms with Crippen LogP contribution >= 0.6 is 0 Å². The minimum Gasteiger partial charge on any atom is -0.341 e. The van der Waals surface area contributed by atoms with Gasteiger partial charge in [0.1, 0.15) is 12.1 Å². The van der Waals surface area contributed by atoms with Crippen LogP contribution in [0.1, 0.15) is 23.7 Å². The molecule has 0 spiro atoms. The zero-order valence-corrected chi connectivity index (χ0v) is 10.3. The summed E-state index contributed by atoms with van der Waals surface area (Å²) in [5.41, 5.74) is 1.68. The number of amides is 1. The molecule has 1 aromatic rings. The summed E-state index contributed by atoms with van der Waals surface area (Å²) in [7, 11) is 0. The van der Waals surface area contributed by atoms with Crippen LogP contribution in [0.2, 0.25) is 0 Å². The predicted molar refractivity (Wildman–Crippen MR) is 71.7 cm³/mol. The summed E-state index contributed by atoms with van der Waals surface area (Å²) in [5, 5.41) is 11.1. The largest absolute Gasteiger partial charge is 0.341 e. The molecule has 5 heteroatoms. The second-order valence-corrected chi connectivity index (χ2v) is 4.54. The third-order valence-electron chi connectivity index (χ3n) is 3.44. The van der Waals surface area contributed by atoms with Crippen molar-refractivity contribution >= 4 is 23.8 Å². The number of amidine groups is 1. The number of hydrogen-bond donors (Lipinski definition) is 1. The molecule has 0 bridgehead atoms. The van der Waals surface area contributed by atoms with Gasteiger partial charge in [-0.1, -0.05) is 29.3 Å². The molecule has 0 saturated heterocycles. The third kappa shape index (κ3) is 1.41. The van der Waals surface area contributed by atoms with Gasteiger partial charge in [-0.25, -0.2) is 0 Å². The second kappa shape index (κ2) is 4.03. The second-order valence-electron chi connectivity index (χ2n) is 4.54. The number of carbonyl (C=O) groups excluding carboxylic acids is 1. The Morgan fingerprint density at radius 3 is 3.06 bits per heavy atom. The van der Waals surface area contributed by atoms with Crippen LogP contribution in [0, 0.1) is 0 Å². The van der Waals surface area contributed by atoms with E-state index in [1.54, 1.807) is 0 Å². The minimum atomic E-state index is -0.0373. The Morgan fingerprint density at radius 1 is 1.39 bits per heavy atom. The van der Waals surface area contributed by atoms with Crippen molar-refractivity contribution in [3.63, 3.8) is 0 Å². The number of benzene rings is 1. The minimum absolute atomic E-state index is 0.0373. The Labute approximate surface area is 105 Å². The molecule has 2 aliphatic heterocycles. The van der Waals surface area contributed by atoms with Crippen LogP contribution in [0.5, 0.6) is 0 Å². The number of para-hydroxylation sites is 1. The van der Waals surface area contributed by atoms with E-state index in [1.165, 1.54) is 0 Å². The van der Waals surface area contributed by atoms with Gasteiger partial charge in [0.2, 0.25) is 6.34 Å². The third-order valence-corrected chi connectivity index (χ3v) is 3.44. The maximum Gasteiger partial charge on any atom is 0.257 e. The zero-order chi connectivity index (χ0) is 12.6. The van der Waals surface area contributed by atoms with E-state index in [4.69, 9.17) is 0 Å². The summed E-state index contributed by atoms with van der Waals surface area (Å²) in [5.74, 6) is 0.847. The molecule has 0 aliphatic carbocycles. The van der Waals surface area contributed by atoms with Gasteiger partial charge in [-0.05, 0) is 12.5 Å². The van der Waals surface area contributed by atoms with Gasteiger partial charge >= 0.3 is 0 Å². The highest BCUT2D eigenvalue weighted by Gasteiger charge is 2.43. The Balaban J connectivity index is 2.24. The Morgan fingerprint density at radius 2 is 2.22 bits per heavy atom. The Kier molecular flexibility index (Phi) is 2.48. The van der Waals surface area contributed by atoms with Gasteiger partial charge in [-0.15, -0.1) is 0 Å². The SMILES string of the molecule is CCC[N+]12C=NN=C1CNC(=O)c1ccccc12. The lowest BCUT2D eigenvalue weighted by Crippen LogP contribution is -2.53. The fourth-order valence-electron chi connectivity index (χ4n) is 2.63. The fourth-order valence-corrected chi connectivity index (χ4v) is 2.63. The summed E-state index contributed by atoms with van der Waals surface area (Å²) in [6.07, 6.45) is 2.82. The molecule has 1 N–H and O–H groups in total. The lowest BCUT2D eigenvalue weighted by molar-refractivity contribution is 0.0961. The van der Waals surface area contributed by atoms with E-state index in [2.05, 4.69) is 22.4 Å². The molecule has 0 aromatic heterocycles. The van der Waals surface area contributed by atoms with E-state index in [0.717, 1.165) is 24.5 Å². The molecule has 2 aliphatic rings. The molecule has 1 amide bonds. The highest BCUT2D eigenvalue weighted by Crippen LogP contribution is 2.31. The fraction of sp³-hybridized carbons (Fsp3) is 0.308. The first-order valence-electron chi connectivity index (χ1n) is 6.15. The highest BCUT2D eigenvalue weighted by molar-refractivity contribution is 6.16. The average molecular weight is 243 g/mol. The van der Waals surface area contributed by atoms with Crippen LogP contribution in [0.25, 0.3) is 0 Å². The van der Waals surface area contributed by atoms with E-state index in [-0.39, 0.29) is 5.91 Å². The van der Waals surface area contributed by atoms with Gasteiger partial charge in [-0.2, -0.15) is 4.48 Å². The van der Waals surface area contributed by atoms with E-state index < -0.39 is 0 Å². The Bertz CT molecular complexity index is 564. The number of nitrogens with one attached hydrogen (secondary N) is 1. The Hall–Kier alpha value is -2.01. The van der Waals surface area contributed by atoms with E-state index in [9.17, 15) is 4.79 Å². The maximum absolute atomic E-state index is 12.1.